The van der Waals surface area contributed by atoms with Crippen molar-refractivity contribution in [1.82, 2.24) is 0 Å². The molecule has 2 aromatic carbocycles. The van der Waals surface area contributed by atoms with E-state index in [1.54, 1.807) is 62.8 Å². The number of amides is 2. The zero-order valence-corrected chi connectivity index (χ0v) is 12.9. The first kappa shape index (κ1) is 14.9. The number of hydrazine groups is 1. The van der Waals surface area contributed by atoms with Crippen LogP contribution in [0.4, 0.5) is 11.4 Å². The molecule has 0 aromatic heterocycles. The second kappa shape index (κ2) is 6.00. The third kappa shape index (κ3) is 2.70. The first-order valence-electron chi connectivity index (χ1n) is 7.08. The van der Waals surface area contributed by atoms with Crippen LogP contribution in [0.2, 0.25) is 0 Å². The summed E-state index contributed by atoms with van der Waals surface area (Å²) in [6.07, 6.45) is -0.155. The molecule has 0 N–H and O–H groups in total. The van der Waals surface area contributed by atoms with Crippen molar-refractivity contribution in [3.05, 3.63) is 48.5 Å². The predicted octanol–water partition coefficient (Wildman–Crippen LogP) is 2.39. The van der Waals surface area contributed by atoms with E-state index in [-0.39, 0.29) is 18.2 Å². The average molecular weight is 312 g/mol. The number of carbonyl (C=O) groups excluding carboxylic acids is 2. The molecule has 6 nitrogen and oxygen atoms in total. The largest absolute Gasteiger partial charge is 0.497 e. The number of rotatable bonds is 4. The van der Waals surface area contributed by atoms with Crippen LogP contribution in [0.1, 0.15) is 6.42 Å². The minimum Gasteiger partial charge on any atom is -0.497 e. The molecule has 2 amide bonds. The highest BCUT2D eigenvalue weighted by atomic mass is 16.5. The normalized spacial score (nSPS) is 14.3. The van der Waals surface area contributed by atoms with Crippen molar-refractivity contribution in [1.29, 1.82) is 0 Å². The van der Waals surface area contributed by atoms with Crippen LogP contribution in [0.15, 0.2) is 48.5 Å². The third-order valence-corrected chi connectivity index (χ3v) is 3.61. The van der Waals surface area contributed by atoms with E-state index in [0.717, 1.165) is 0 Å². The number of hydrogen-bond donors (Lipinski definition) is 0. The number of hydrogen-bond acceptors (Lipinski definition) is 4. The molecule has 1 heterocycles. The van der Waals surface area contributed by atoms with Crippen LogP contribution in [-0.4, -0.2) is 26.0 Å². The minimum absolute atomic E-state index is 0.155. The van der Waals surface area contributed by atoms with Gasteiger partial charge in [-0.1, -0.05) is 0 Å². The highest BCUT2D eigenvalue weighted by molar-refractivity contribution is 6.20. The Morgan fingerprint density at radius 3 is 1.35 bits per heavy atom. The van der Waals surface area contributed by atoms with Gasteiger partial charge in [-0.25, -0.2) is 10.0 Å². The Kier molecular flexibility index (Phi) is 3.89. The van der Waals surface area contributed by atoms with Crippen molar-refractivity contribution in [2.45, 2.75) is 6.42 Å². The molecular weight excluding hydrogens is 296 g/mol. The summed E-state index contributed by atoms with van der Waals surface area (Å²) in [5, 5.41) is 2.76. The van der Waals surface area contributed by atoms with Gasteiger partial charge in [0, 0.05) is 0 Å². The minimum atomic E-state index is -0.268. The van der Waals surface area contributed by atoms with Gasteiger partial charge in [-0.05, 0) is 48.5 Å². The molecule has 0 aliphatic carbocycles. The van der Waals surface area contributed by atoms with E-state index < -0.39 is 0 Å². The summed E-state index contributed by atoms with van der Waals surface area (Å²) in [4.78, 5) is 24.5. The Hall–Kier alpha value is -3.02. The van der Waals surface area contributed by atoms with Gasteiger partial charge in [0.05, 0.1) is 25.6 Å². The van der Waals surface area contributed by atoms with E-state index in [1.165, 1.54) is 10.0 Å². The zero-order chi connectivity index (χ0) is 16.4. The Balaban J connectivity index is 1.97. The van der Waals surface area contributed by atoms with Crippen LogP contribution in [-0.2, 0) is 9.59 Å². The highest BCUT2D eigenvalue weighted by Gasteiger charge is 2.37. The van der Waals surface area contributed by atoms with Crippen LogP contribution in [0.5, 0.6) is 11.5 Å². The lowest BCUT2D eigenvalue weighted by Gasteiger charge is -2.28. The lowest BCUT2D eigenvalue weighted by atomic mass is 10.3. The summed E-state index contributed by atoms with van der Waals surface area (Å²) in [6, 6.07) is 14.0. The molecule has 0 atom stereocenters. The monoisotopic (exact) mass is 312 g/mol. The molecule has 0 unspecified atom stereocenters. The predicted molar refractivity (Wildman–Crippen MR) is 85.6 cm³/mol. The van der Waals surface area contributed by atoms with Crippen molar-refractivity contribution in [2.75, 3.05) is 24.2 Å². The van der Waals surface area contributed by atoms with Crippen LogP contribution >= 0.6 is 0 Å². The molecule has 1 saturated heterocycles. The number of nitrogens with zero attached hydrogens (tertiary/aromatic N) is 2. The first-order chi connectivity index (χ1) is 11.1. The fraction of sp³-hybridized carbons (Fsp3) is 0.176. The van der Waals surface area contributed by atoms with E-state index in [0.29, 0.717) is 22.9 Å². The summed E-state index contributed by atoms with van der Waals surface area (Å²) in [5.41, 5.74) is 1.22. The Morgan fingerprint density at radius 2 is 1.04 bits per heavy atom. The van der Waals surface area contributed by atoms with Crippen LogP contribution < -0.4 is 19.5 Å². The van der Waals surface area contributed by atoms with Gasteiger partial charge in [0.2, 0.25) is 0 Å². The number of ether oxygens (including phenoxy) is 2. The molecule has 1 aliphatic rings. The maximum atomic E-state index is 12.3. The van der Waals surface area contributed by atoms with Crippen molar-refractivity contribution in [2.24, 2.45) is 0 Å². The van der Waals surface area contributed by atoms with E-state index >= 15 is 0 Å². The van der Waals surface area contributed by atoms with Crippen molar-refractivity contribution < 1.29 is 19.1 Å². The topological polar surface area (TPSA) is 59.1 Å². The molecule has 2 aromatic rings. The fourth-order valence-electron chi connectivity index (χ4n) is 2.47. The van der Waals surface area contributed by atoms with Crippen molar-refractivity contribution in [3.63, 3.8) is 0 Å². The molecular formula is C17H16N2O4. The molecule has 23 heavy (non-hydrogen) atoms. The summed E-state index contributed by atoms with van der Waals surface area (Å²) < 4.78 is 10.2. The molecule has 0 radical (unpaired) electrons. The molecule has 0 saturated carbocycles. The van der Waals surface area contributed by atoms with Crippen molar-refractivity contribution in [3.8, 4) is 11.5 Å². The summed E-state index contributed by atoms with van der Waals surface area (Å²) in [7, 11) is 3.15. The zero-order valence-electron chi connectivity index (χ0n) is 12.9. The van der Waals surface area contributed by atoms with Crippen LogP contribution in [0, 0.1) is 0 Å². The standard InChI is InChI=1S/C17H16N2O4/c1-22-14-7-3-12(4-8-14)18-16(20)11-17(21)19(18)13-5-9-15(23-2)10-6-13/h3-10H,11H2,1-2H3. The SMILES string of the molecule is COc1ccc(N2C(=O)CC(=O)N2c2ccc(OC)cc2)cc1. The molecule has 1 aliphatic heterocycles. The van der Waals surface area contributed by atoms with Crippen molar-refractivity contribution >= 4 is 23.2 Å². The van der Waals surface area contributed by atoms with Gasteiger partial charge in [-0.3, -0.25) is 9.59 Å². The number of anilines is 2. The Morgan fingerprint density at radius 1 is 0.696 bits per heavy atom. The lowest BCUT2D eigenvalue weighted by molar-refractivity contribution is -0.121. The van der Waals surface area contributed by atoms with E-state index in [9.17, 15) is 9.59 Å². The van der Waals surface area contributed by atoms with Gasteiger partial charge in [0.15, 0.2) is 0 Å². The third-order valence-electron chi connectivity index (χ3n) is 3.61. The summed E-state index contributed by atoms with van der Waals surface area (Å²) >= 11 is 0. The number of methoxy groups -OCH3 is 2. The smallest absolute Gasteiger partial charge is 0.255 e. The quantitative estimate of drug-likeness (QED) is 0.813. The molecule has 118 valence electrons. The second-order valence-corrected chi connectivity index (χ2v) is 4.98. The molecule has 0 bridgehead atoms. The maximum absolute atomic E-state index is 12.3. The van der Waals surface area contributed by atoms with E-state index in [2.05, 4.69) is 0 Å². The van der Waals surface area contributed by atoms with E-state index in [4.69, 9.17) is 9.47 Å². The fourth-order valence-corrected chi connectivity index (χ4v) is 2.47. The van der Waals surface area contributed by atoms with Gasteiger partial charge in [-0.2, -0.15) is 0 Å². The first-order valence-corrected chi connectivity index (χ1v) is 7.08. The van der Waals surface area contributed by atoms with E-state index in [1.807, 2.05) is 0 Å². The van der Waals surface area contributed by atoms with Gasteiger partial charge in [-0.15, -0.1) is 0 Å². The van der Waals surface area contributed by atoms with Crippen LogP contribution in [0.25, 0.3) is 0 Å². The molecule has 3 rings (SSSR count). The second-order valence-electron chi connectivity index (χ2n) is 4.98. The average Bonchev–Trinajstić information content (AvgIpc) is 2.89. The summed E-state index contributed by atoms with van der Waals surface area (Å²) in [5.74, 6) is 0.831. The summed E-state index contributed by atoms with van der Waals surface area (Å²) in [6.45, 7) is 0. The Labute approximate surface area is 133 Å². The van der Waals surface area contributed by atoms with Crippen LogP contribution in [0.3, 0.4) is 0 Å². The highest BCUT2D eigenvalue weighted by Crippen LogP contribution is 2.31. The molecule has 1 fully saturated rings. The van der Waals surface area contributed by atoms with Gasteiger partial charge in [0.25, 0.3) is 11.8 Å². The molecule has 0 spiro atoms. The van der Waals surface area contributed by atoms with Gasteiger partial charge in [0.1, 0.15) is 17.9 Å². The Bertz CT molecular complexity index is 662. The molecule has 6 heteroatoms. The number of carbonyl (C=O) groups is 2. The lowest BCUT2D eigenvalue weighted by Crippen LogP contribution is -2.41. The van der Waals surface area contributed by atoms with Gasteiger partial charge >= 0.3 is 0 Å². The number of benzene rings is 2. The maximum Gasteiger partial charge on any atom is 0.255 e. The van der Waals surface area contributed by atoms with Gasteiger partial charge < -0.3 is 9.47 Å².